The summed E-state index contributed by atoms with van der Waals surface area (Å²) in [6, 6.07) is 4.30. The van der Waals surface area contributed by atoms with Gasteiger partial charge in [-0.15, -0.1) is 0 Å². The van der Waals surface area contributed by atoms with E-state index < -0.39 is 23.7 Å². The first-order chi connectivity index (χ1) is 8.93. The van der Waals surface area contributed by atoms with Crippen LogP contribution in [0, 0.1) is 17.1 Å². The standard InChI is InChI=1S/C12H12FN3O3/c13-8-5-7(6-14)1-3-10(8)16-12(19)9(15)2-4-11(17)18/h1,3,5,9H,2,4,15H2,(H,16,19)(H,17,18). The molecule has 0 aromatic heterocycles. The molecule has 0 fully saturated rings. The Hall–Kier alpha value is -2.46. The largest absolute Gasteiger partial charge is 0.481 e. The third-order valence-corrected chi connectivity index (χ3v) is 2.36. The summed E-state index contributed by atoms with van der Waals surface area (Å²) in [5.74, 6) is -2.49. The minimum Gasteiger partial charge on any atom is -0.481 e. The normalized spacial score (nSPS) is 11.4. The SMILES string of the molecule is N#Cc1ccc(NC(=O)C(N)CCC(=O)O)c(F)c1. The quantitative estimate of drug-likeness (QED) is 0.729. The zero-order chi connectivity index (χ0) is 14.4. The molecule has 1 aromatic carbocycles. The fourth-order valence-corrected chi connectivity index (χ4v) is 1.32. The van der Waals surface area contributed by atoms with Crippen LogP contribution in [0.1, 0.15) is 18.4 Å². The van der Waals surface area contributed by atoms with Crippen LogP contribution in [0.25, 0.3) is 0 Å². The number of hydrogen-bond donors (Lipinski definition) is 3. The third kappa shape index (κ3) is 4.37. The topological polar surface area (TPSA) is 116 Å². The Morgan fingerprint density at radius 2 is 2.21 bits per heavy atom. The summed E-state index contributed by atoms with van der Waals surface area (Å²) in [5, 5.41) is 19.3. The molecule has 0 heterocycles. The van der Waals surface area contributed by atoms with E-state index in [-0.39, 0.29) is 24.1 Å². The van der Waals surface area contributed by atoms with Gasteiger partial charge in [-0.25, -0.2) is 4.39 Å². The minimum absolute atomic E-state index is 0.0426. The van der Waals surface area contributed by atoms with Crippen LogP contribution in [0.15, 0.2) is 18.2 Å². The zero-order valence-electron chi connectivity index (χ0n) is 9.89. The number of benzene rings is 1. The lowest BCUT2D eigenvalue weighted by Crippen LogP contribution is -2.36. The second kappa shape index (κ2) is 6.47. The number of anilines is 1. The van der Waals surface area contributed by atoms with Crippen molar-refractivity contribution in [1.29, 1.82) is 5.26 Å². The predicted molar refractivity (Wildman–Crippen MR) is 64.6 cm³/mol. The van der Waals surface area contributed by atoms with Gasteiger partial charge in [-0.1, -0.05) is 0 Å². The highest BCUT2D eigenvalue weighted by Gasteiger charge is 2.16. The lowest BCUT2D eigenvalue weighted by molar-refractivity contribution is -0.137. The monoisotopic (exact) mass is 265 g/mol. The number of nitrogens with zero attached hydrogens (tertiary/aromatic N) is 1. The average molecular weight is 265 g/mol. The van der Waals surface area contributed by atoms with Gasteiger partial charge in [0.05, 0.1) is 23.4 Å². The van der Waals surface area contributed by atoms with Crippen LogP contribution in [0.4, 0.5) is 10.1 Å². The number of nitrogens with two attached hydrogens (primary N) is 1. The van der Waals surface area contributed by atoms with E-state index in [1.165, 1.54) is 12.1 Å². The van der Waals surface area contributed by atoms with E-state index in [9.17, 15) is 14.0 Å². The molecular weight excluding hydrogens is 253 g/mol. The molecule has 1 aromatic rings. The van der Waals surface area contributed by atoms with E-state index in [4.69, 9.17) is 16.1 Å². The lowest BCUT2D eigenvalue weighted by Gasteiger charge is -2.11. The Balaban J connectivity index is 2.66. The molecule has 0 aliphatic carbocycles. The number of nitrogens with one attached hydrogen (secondary N) is 1. The van der Waals surface area contributed by atoms with E-state index in [0.717, 1.165) is 6.07 Å². The summed E-state index contributed by atoms with van der Waals surface area (Å²) < 4.78 is 13.5. The van der Waals surface area contributed by atoms with Crippen molar-refractivity contribution in [3.05, 3.63) is 29.6 Å². The van der Waals surface area contributed by atoms with Crippen LogP contribution in [0.2, 0.25) is 0 Å². The molecule has 0 aliphatic rings. The van der Waals surface area contributed by atoms with Gasteiger partial charge >= 0.3 is 5.97 Å². The van der Waals surface area contributed by atoms with E-state index in [0.29, 0.717) is 0 Å². The van der Waals surface area contributed by atoms with Crippen LogP contribution in [0.3, 0.4) is 0 Å². The molecule has 0 aliphatic heterocycles. The van der Waals surface area contributed by atoms with Gasteiger partial charge in [0.25, 0.3) is 0 Å². The molecule has 6 nitrogen and oxygen atoms in total. The van der Waals surface area contributed by atoms with Crippen molar-refractivity contribution in [1.82, 2.24) is 0 Å². The van der Waals surface area contributed by atoms with Gasteiger partial charge < -0.3 is 16.2 Å². The number of aliphatic carboxylic acids is 1. The van der Waals surface area contributed by atoms with Crippen LogP contribution >= 0.6 is 0 Å². The number of carbonyl (C=O) groups excluding carboxylic acids is 1. The number of nitriles is 1. The Kier molecular flexibility index (Phi) is 4.97. The Bertz CT molecular complexity index is 540. The fourth-order valence-electron chi connectivity index (χ4n) is 1.32. The molecule has 0 radical (unpaired) electrons. The van der Waals surface area contributed by atoms with E-state index in [1.54, 1.807) is 6.07 Å². The van der Waals surface area contributed by atoms with Crippen molar-refractivity contribution in [2.24, 2.45) is 5.73 Å². The summed E-state index contributed by atoms with van der Waals surface area (Å²) in [4.78, 5) is 21.9. The summed E-state index contributed by atoms with van der Waals surface area (Å²) in [7, 11) is 0. The summed E-state index contributed by atoms with van der Waals surface area (Å²) in [6.07, 6.45) is -0.288. The summed E-state index contributed by atoms with van der Waals surface area (Å²) >= 11 is 0. The molecule has 0 bridgehead atoms. The van der Waals surface area contributed by atoms with Crippen LogP contribution in [-0.4, -0.2) is 23.0 Å². The first-order valence-corrected chi connectivity index (χ1v) is 5.42. The second-order valence-electron chi connectivity index (χ2n) is 3.83. The molecular formula is C12H12FN3O3. The van der Waals surface area contributed by atoms with Crippen molar-refractivity contribution in [3.63, 3.8) is 0 Å². The smallest absolute Gasteiger partial charge is 0.303 e. The van der Waals surface area contributed by atoms with Crippen LogP contribution in [-0.2, 0) is 9.59 Å². The maximum atomic E-state index is 13.5. The van der Waals surface area contributed by atoms with Gasteiger partial charge in [0.15, 0.2) is 0 Å². The molecule has 1 unspecified atom stereocenters. The second-order valence-corrected chi connectivity index (χ2v) is 3.83. The van der Waals surface area contributed by atoms with E-state index in [1.807, 2.05) is 0 Å². The molecule has 100 valence electrons. The van der Waals surface area contributed by atoms with E-state index >= 15 is 0 Å². The molecule has 1 rings (SSSR count). The zero-order valence-corrected chi connectivity index (χ0v) is 9.89. The molecule has 0 spiro atoms. The number of amides is 1. The highest BCUT2D eigenvalue weighted by Crippen LogP contribution is 2.15. The van der Waals surface area contributed by atoms with Crippen LogP contribution in [0.5, 0.6) is 0 Å². The van der Waals surface area contributed by atoms with Gasteiger partial charge in [-0.05, 0) is 24.6 Å². The Labute approximate surface area is 108 Å². The number of carboxylic acids is 1. The number of carbonyl (C=O) groups is 2. The van der Waals surface area contributed by atoms with Crippen molar-refractivity contribution in [2.45, 2.75) is 18.9 Å². The van der Waals surface area contributed by atoms with E-state index in [2.05, 4.69) is 5.32 Å². The Morgan fingerprint density at radius 1 is 1.53 bits per heavy atom. The lowest BCUT2D eigenvalue weighted by atomic mass is 10.1. The predicted octanol–water partition coefficient (Wildman–Crippen LogP) is 0.828. The number of carboxylic acid groups (broad SMARTS) is 1. The Morgan fingerprint density at radius 3 is 2.74 bits per heavy atom. The number of rotatable bonds is 5. The first kappa shape index (κ1) is 14.6. The molecule has 19 heavy (non-hydrogen) atoms. The van der Waals surface area contributed by atoms with Crippen molar-refractivity contribution in [3.8, 4) is 6.07 Å². The van der Waals surface area contributed by atoms with Gasteiger partial charge in [0, 0.05) is 6.42 Å². The van der Waals surface area contributed by atoms with Gasteiger partial charge in [0.1, 0.15) is 5.82 Å². The van der Waals surface area contributed by atoms with Gasteiger partial charge in [-0.2, -0.15) is 5.26 Å². The molecule has 0 saturated carbocycles. The highest BCUT2D eigenvalue weighted by atomic mass is 19.1. The summed E-state index contributed by atoms with van der Waals surface area (Å²) in [6.45, 7) is 0. The fraction of sp³-hybridized carbons (Fsp3) is 0.250. The van der Waals surface area contributed by atoms with Crippen molar-refractivity contribution < 1.29 is 19.1 Å². The first-order valence-electron chi connectivity index (χ1n) is 5.42. The number of halogens is 1. The third-order valence-electron chi connectivity index (χ3n) is 2.36. The molecule has 4 N–H and O–H groups in total. The molecule has 7 heteroatoms. The highest BCUT2D eigenvalue weighted by molar-refractivity contribution is 5.95. The van der Waals surface area contributed by atoms with Crippen molar-refractivity contribution >= 4 is 17.6 Å². The summed E-state index contributed by atoms with van der Waals surface area (Å²) in [5.41, 5.74) is 5.50. The van der Waals surface area contributed by atoms with Crippen LogP contribution < -0.4 is 11.1 Å². The molecule has 1 atom stereocenters. The van der Waals surface area contributed by atoms with Crippen molar-refractivity contribution in [2.75, 3.05) is 5.32 Å². The number of hydrogen-bond acceptors (Lipinski definition) is 4. The maximum Gasteiger partial charge on any atom is 0.303 e. The maximum absolute atomic E-state index is 13.5. The molecule has 1 amide bonds. The average Bonchev–Trinajstić information content (AvgIpc) is 2.37. The van der Waals surface area contributed by atoms with Gasteiger partial charge in [0.2, 0.25) is 5.91 Å². The molecule has 0 saturated heterocycles. The minimum atomic E-state index is -1.06. The van der Waals surface area contributed by atoms with Gasteiger partial charge in [-0.3, -0.25) is 9.59 Å².